The van der Waals surface area contributed by atoms with E-state index in [4.69, 9.17) is 4.99 Å². The van der Waals surface area contributed by atoms with Crippen LogP contribution < -0.4 is 10.6 Å². The molecule has 0 aliphatic carbocycles. The van der Waals surface area contributed by atoms with Crippen LogP contribution in [0.1, 0.15) is 30.8 Å². The lowest BCUT2D eigenvalue weighted by Gasteiger charge is -2.14. The van der Waals surface area contributed by atoms with Crippen LogP contribution in [-0.4, -0.2) is 45.6 Å². The number of guanidine groups is 1. The maximum Gasteiger partial charge on any atom is 0.191 e. The fourth-order valence-electron chi connectivity index (χ4n) is 2.94. The van der Waals surface area contributed by atoms with Crippen LogP contribution >= 0.6 is 24.0 Å². The first-order valence-electron chi connectivity index (χ1n) is 9.76. The number of hydrogen-bond acceptors (Lipinski definition) is 4. The summed E-state index contributed by atoms with van der Waals surface area (Å²) in [4.78, 5) is 7.02. The molecule has 0 amide bonds. The zero-order valence-electron chi connectivity index (χ0n) is 17.3. The van der Waals surface area contributed by atoms with E-state index in [0.29, 0.717) is 13.1 Å². The number of pyridine rings is 1. The molecule has 3 rings (SSSR count). The summed E-state index contributed by atoms with van der Waals surface area (Å²) >= 11 is 0. The molecule has 2 heterocycles. The Morgan fingerprint density at radius 1 is 1.07 bits per heavy atom. The number of benzene rings is 1. The summed E-state index contributed by atoms with van der Waals surface area (Å²) in [6.45, 7) is 8.19. The van der Waals surface area contributed by atoms with E-state index in [1.54, 1.807) is 0 Å². The van der Waals surface area contributed by atoms with Crippen LogP contribution in [0.5, 0.6) is 0 Å². The van der Waals surface area contributed by atoms with E-state index in [-0.39, 0.29) is 24.0 Å². The third-order valence-electron chi connectivity index (χ3n) is 4.55. The quantitative estimate of drug-likeness (QED) is 0.279. The first-order valence-corrected chi connectivity index (χ1v) is 9.76. The molecule has 0 aliphatic heterocycles. The summed E-state index contributed by atoms with van der Waals surface area (Å²) in [5.74, 6) is 1.62. The molecule has 2 aromatic heterocycles. The third-order valence-corrected chi connectivity index (χ3v) is 4.55. The summed E-state index contributed by atoms with van der Waals surface area (Å²) in [5.41, 5.74) is 3.35. The Bertz CT molecular complexity index is 922. The number of hydrogen-bond donors (Lipinski definition) is 2. The van der Waals surface area contributed by atoms with Gasteiger partial charge in [-0.15, -0.1) is 34.2 Å². The molecule has 0 aliphatic rings. The first kappa shape index (κ1) is 23.1. The summed E-state index contributed by atoms with van der Waals surface area (Å²) in [5, 5.41) is 15.1. The van der Waals surface area contributed by atoms with Gasteiger partial charge < -0.3 is 15.5 Å². The van der Waals surface area contributed by atoms with Crippen molar-refractivity contribution in [2.75, 3.05) is 20.1 Å². The topological polar surface area (TPSA) is 69.8 Å². The highest BCUT2D eigenvalue weighted by Gasteiger charge is 2.06. The zero-order chi connectivity index (χ0) is 19.8. The normalized spacial score (nSPS) is 11.5. The van der Waals surface area contributed by atoms with Crippen molar-refractivity contribution < 1.29 is 0 Å². The smallest absolute Gasteiger partial charge is 0.191 e. The van der Waals surface area contributed by atoms with Gasteiger partial charge >= 0.3 is 0 Å². The van der Waals surface area contributed by atoms with Crippen LogP contribution in [0.4, 0.5) is 0 Å². The monoisotopic (exact) mass is 507 g/mol. The minimum Gasteiger partial charge on any atom is -0.357 e. The average Bonchev–Trinajstić information content (AvgIpc) is 3.13. The van der Waals surface area contributed by atoms with Gasteiger partial charge in [0.15, 0.2) is 17.4 Å². The Balaban J connectivity index is 0.00000300. The molecular formula is C21H30IN7. The number of rotatable bonds is 8. The number of fused-ring (bicyclic) bond motifs is 1. The SMILES string of the molecule is CCNC(=NCc1cccc(CN(C)CC)c1)NCc1nnc2ccccn12.I. The van der Waals surface area contributed by atoms with Crippen molar-refractivity contribution in [1.29, 1.82) is 0 Å². The molecule has 8 heteroatoms. The first-order chi connectivity index (χ1) is 13.7. The fraction of sp³-hybridized carbons (Fsp3) is 0.381. The molecule has 0 spiro atoms. The molecule has 29 heavy (non-hydrogen) atoms. The van der Waals surface area contributed by atoms with Gasteiger partial charge in [-0.2, -0.15) is 0 Å². The van der Waals surface area contributed by atoms with Crippen LogP contribution in [0.2, 0.25) is 0 Å². The molecule has 0 atom stereocenters. The molecule has 0 unspecified atom stereocenters. The molecule has 0 saturated heterocycles. The predicted molar refractivity (Wildman–Crippen MR) is 129 cm³/mol. The number of nitrogens with one attached hydrogen (secondary N) is 2. The number of aliphatic imine (C=N–C) groups is 1. The van der Waals surface area contributed by atoms with E-state index in [2.05, 4.69) is 70.9 Å². The highest BCUT2D eigenvalue weighted by atomic mass is 127. The average molecular weight is 507 g/mol. The van der Waals surface area contributed by atoms with Gasteiger partial charge in [0.1, 0.15) is 0 Å². The van der Waals surface area contributed by atoms with E-state index in [0.717, 1.165) is 37.1 Å². The van der Waals surface area contributed by atoms with E-state index in [1.807, 2.05) is 28.8 Å². The highest BCUT2D eigenvalue weighted by Crippen LogP contribution is 2.09. The minimum absolute atomic E-state index is 0. The van der Waals surface area contributed by atoms with Gasteiger partial charge in [0.05, 0.1) is 13.1 Å². The second kappa shape index (κ2) is 11.7. The van der Waals surface area contributed by atoms with Crippen molar-refractivity contribution in [3.8, 4) is 0 Å². The Hall–Kier alpha value is -2.20. The summed E-state index contributed by atoms with van der Waals surface area (Å²) in [6.07, 6.45) is 1.97. The largest absolute Gasteiger partial charge is 0.357 e. The summed E-state index contributed by atoms with van der Waals surface area (Å²) < 4.78 is 1.98. The van der Waals surface area contributed by atoms with Crippen LogP contribution in [0, 0.1) is 0 Å². The van der Waals surface area contributed by atoms with Crippen molar-refractivity contribution in [1.82, 2.24) is 30.1 Å². The Kier molecular flexibility index (Phi) is 9.33. The van der Waals surface area contributed by atoms with Gasteiger partial charge in [-0.3, -0.25) is 4.40 Å². The lowest BCUT2D eigenvalue weighted by atomic mass is 10.1. The van der Waals surface area contributed by atoms with E-state index >= 15 is 0 Å². The van der Waals surface area contributed by atoms with Gasteiger partial charge in [0.25, 0.3) is 0 Å². The number of halogens is 1. The Morgan fingerprint density at radius 3 is 2.69 bits per heavy atom. The molecule has 0 bridgehead atoms. The lowest BCUT2D eigenvalue weighted by molar-refractivity contribution is 0.345. The van der Waals surface area contributed by atoms with Crippen LogP contribution in [0.25, 0.3) is 5.65 Å². The Labute approximate surface area is 189 Å². The summed E-state index contributed by atoms with van der Waals surface area (Å²) in [7, 11) is 2.13. The number of nitrogens with zero attached hydrogens (tertiary/aromatic N) is 5. The number of aromatic nitrogens is 3. The maximum absolute atomic E-state index is 4.73. The van der Waals surface area contributed by atoms with Gasteiger partial charge in [-0.25, -0.2) is 4.99 Å². The van der Waals surface area contributed by atoms with Crippen LogP contribution in [-0.2, 0) is 19.6 Å². The van der Waals surface area contributed by atoms with Gasteiger partial charge in [-0.05, 0) is 43.8 Å². The molecule has 0 saturated carbocycles. The van der Waals surface area contributed by atoms with Crippen molar-refractivity contribution in [3.05, 3.63) is 65.6 Å². The summed E-state index contributed by atoms with van der Waals surface area (Å²) in [6, 6.07) is 14.5. The maximum atomic E-state index is 4.73. The molecule has 0 radical (unpaired) electrons. The molecule has 156 valence electrons. The van der Waals surface area contributed by atoms with Gasteiger partial charge in [0.2, 0.25) is 0 Å². The zero-order valence-corrected chi connectivity index (χ0v) is 19.6. The molecule has 1 aromatic carbocycles. The molecular weight excluding hydrogens is 477 g/mol. The fourth-order valence-corrected chi connectivity index (χ4v) is 2.94. The van der Waals surface area contributed by atoms with Gasteiger partial charge in [-0.1, -0.05) is 37.3 Å². The minimum atomic E-state index is 0. The third kappa shape index (κ3) is 6.67. The van der Waals surface area contributed by atoms with Crippen molar-refractivity contribution in [2.24, 2.45) is 4.99 Å². The second-order valence-corrected chi connectivity index (χ2v) is 6.74. The second-order valence-electron chi connectivity index (χ2n) is 6.74. The molecule has 0 fully saturated rings. The molecule has 3 aromatic rings. The van der Waals surface area contributed by atoms with Crippen molar-refractivity contribution >= 4 is 35.6 Å². The van der Waals surface area contributed by atoms with Gasteiger partial charge in [0, 0.05) is 19.3 Å². The standard InChI is InChI=1S/C21H29N7.HI/c1-4-22-21(24-15-20-26-25-19-11-6-7-12-28(19)20)23-14-17-9-8-10-18(13-17)16-27(3)5-2;/h6-13H,4-5,14-16H2,1-3H3,(H2,22,23,24);1H. The molecule has 2 N–H and O–H groups in total. The van der Waals surface area contributed by atoms with Crippen LogP contribution in [0.15, 0.2) is 53.7 Å². The highest BCUT2D eigenvalue weighted by molar-refractivity contribution is 14.0. The lowest BCUT2D eigenvalue weighted by Crippen LogP contribution is -2.37. The predicted octanol–water partition coefficient (Wildman–Crippen LogP) is 3.05. The molecule has 7 nitrogen and oxygen atoms in total. The van der Waals surface area contributed by atoms with Crippen molar-refractivity contribution in [3.63, 3.8) is 0 Å². The van der Waals surface area contributed by atoms with E-state index in [9.17, 15) is 0 Å². The van der Waals surface area contributed by atoms with E-state index < -0.39 is 0 Å². The van der Waals surface area contributed by atoms with Crippen molar-refractivity contribution in [2.45, 2.75) is 33.5 Å². The Morgan fingerprint density at radius 2 is 1.90 bits per heavy atom. The van der Waals surface area contributed by atoms with E-state index in [1.165, 1.54) is 11.1 Å². The van der Waals surface area contributed by atoms with Crippen LogP contribution in [0.3, 0.4) is 0 Å².